The van der Waals surface area contributed by atoms with E-state index in [2.05, 4.69) is 85.2 Å². The number of imidazole rings is 1. The Balaban J connectivity index is 1.73. The number of rotatable bonds is 4. The van der Waals surface area contributed by atoms with Gasteiger partial charge >= 0.3 is 0 Å². The van der Waals surface area contributed by atoms with Gasteiger partial charge < -0.3 is 5.32 Å². The SMILES string of the molecule is CC(C)(C)c1ccc(-c2nc3ccccn3c2NCc2ccccc2)cc1. The second kappa shape index (κ2) is 6.92. The van der Waals surface area contributed by atoms with Gasteiger partial charge in [0.05, 0.1) is 0 Å². The van der Waals surface area contributed by atoms with Gasteiger partial charge in [0.1, 0.15) is 17.2 Å². The van der Waals surface area contributed by atoms with Crippen LogP contribution in [0.25, 0.3) is 16.9 Å². The van der Waals surface area contributed by atoms with E-state index in [-0.39, 0.29) is 5.41 Å². The van der Waals surface area contributed by atoms with Crippen LogP contribution < -0.4 is 5.32 Å². The number of aromatic nitrogens is 2. The average molecular weight is 355 g/mol. The van der Waals surface area contributed by atoms with Gasteiger partial charge in [-0.25, -0.2) is 4.98 Å². The van der Waals surface area contributed by atoms with Gasteiger partial charge in [-0.1, -0.05) is 81.4 Å². The minimum absolute atomic E-state index is 0.145. The number of hydrogen-bond donors (Lipinski definition) is 1. The predicted molar refractivity (Wildman–Crippen MR) is 113 cm³/mol. The molecule has 0 aliphatic carbocycles. The third-order valence-electron chi connectivity index (χ3n) is 4.86. The molecule has 1 N–H and O–H groups in total. The van der Waals surface area contributed by atoms with Crippen molar-refractivity contribution in [3.05, 3.63) is 90.1 Å². The van der Waals surface area contributed by atoms with Crippen LogP contribution in [0.3, 0.4) is 0 Å². The Hall–Kier alpha value is -3.07. The topological polar surface area (TPSA) is 29.3 Å². The summed E-state index contributed by atoms with van der Waals surface area (Å²) in [5.74, 6) is 1.03. The number of nitrogens with zero attached hydrogens (tertiary/aromatic N) is 2. The average Bonchev–Trinajstić information content (AvgIpc) is 3.05. The van der Waals surface area contributed by atoms with Crippen molar-refractivity contribution in [2.24, 2.45) is 0 Å². The van der Waals surface area contributed by atoms with Crippen LogP contribution in [-0.2, 0) is 12.0 Å². The van der Waals surface area contributed by atoms with Crippen LogP contribution in [0, 0.1) is 0 Å². The van der Waals surface area contributed by atoms with E-state index in [1.807, 2.05) is 24.3 Å². The van der Waals surface area contributed by atoms with Crippen LogP contribution in [-0.4, -0.2) is 9.38 Å². The van der Waals surface area contributed by atoms with Gasteiger partial charge in [0.2, 0.25) is 0 Å². The highest BCUT2D eigenvalue weighted by molar-refractivity contribution is 5.76. The first kappa shape index (κ1) is 17.3. The van der Waals surface area contributed by atoms with Gasteiger partial charge in [-0.3, -0.25) is 4.40 Å². The van der Waals surface area contributed by atoms with Crippen LogP contribution in [0.2, 0.25) is 0 Å². The van der Waals surface area contributed by atoms with Crippen LogP contribution in [0.15, 0.2) is 79.0 Å². The number of anilines is 1. The summed E-state index contributed by atoms with van der Waals surface area (Å²) in [6.45, 7) is 7.47. The number of hydrogen-bond acceptors (Lipinski definition) is 2. The quantitative estimate of drug-likeness (QED) is 0.493. The normalized spacial score (nSPS) is 11.7. The Morgan fingerprint density at radius 2 is 1.56 bits per heavy atom. The monoisotopic (exact) mass is 355 g/mol. The van der Waals surface area contributed by atoms with Crippen molar-refractivity contribution in [1.82, 2.24) is 9.38 Å². The van der Waals surface area contributed by atoms with E-state index in [1.54, 1.807) is 0 Å². The van der Waals surface area contributed by atoms with E-state index in [4.69, 9.17) is 4.98 Å². The van der Waals surface area contributed by atoms with E-state index < -0.39 is 0 Å². The summed E-state index contributed by atoms with van der Waals surface area (Å²) < 4.78 is 2.12. The molecule has 0 saturated heterocycles. The maximum absolute atomic E-state index is 4.89. The molecule has 0 bridgehead atoms. The summed E-state index contributed by atoms with van der Waals surface area (Å²) in [4.78, 5) is 4.89. The molecule has 3 heteroatoms. The third-order valence-corrected chi connectivity index (χ3v) is 4.86. The van der Waals surface area contributed by atoms with Crippen LogP contribution in [0.1, 0.15) is 31.9 Å². The molecule has 0 fully saturated rings. The maximum atomic E-state index is 4.89. The highest BCUT2D eigenvalue weighted by Crippen LogP contribution is 2.31. The first-order valence-corrected chi connectivity index (χ1v) is 9.38. The first-order valence-electron chi connectivity index (χ1n) is 9.38. The van der Waals surface area contributed by atoms with Gasteiger partial charge in [0, 0.05) is 18.3 Å². The molecule has 0 atom stereocenters. The van der Waals surface area contributed by atoms with Crippen LogP contribution >= 0.6 is 0 Å². The number of benzene rings is 2. The molecular formula is C24H25N3. The zero-order chi connectivity index (χ0) is 18.9. The summed E-state index contributed by atoms with van der Waals surface area (Å²) in [5.41, 5.74) is 5.78. The van der Waals surface area contributed by atoms with E-state index in [0.717, 1.165) is 29.3 Å². The van der Waals surface area contributed by atoms with Crippen molar-refractivity contribution in [3.63, 3.8) is 0 Å². The van der Waals surface area contributed by atoms with Crippen molar-refractivity contribution >= 4 is 11.5 Å². The van der Waals surface area contributed by atoms with Gasteiger partial charge in [-0.15, -0.1) is 0 Å². The second-order valence-corrected chi connectivity index (χ2v) is 7.90. The lowest BCUT2D eigenvalue weighted by Gasteiger charge is -2.19. The summed E-state index contributed by atoms with van der Waals surface area (Å²) in [6, 6.07) is 25.3. The molecule has 0 aliphatic rings. The smallest absolute Gasteiger partial charge is 0.139 e. The van der Waals surface area contributed by atoms with Crippen molar-refractivity contribution < 1.29 is 0 Å². The fourth-order valence-electron chi connectivity index (χ4n) is 3.28. The molecule has 0 unspecified atom stereocenters. The largest absolute Gasteiger partial charge is 0.365 e. The lowest BCUT2D eigenvalue weighted by molar-refractivity contribution is 0.590. The van der Waals surface area contributed by atoms with E-state index in [0.29, 0.717) is 0 Å². The van der Waals surface area contributed by atoms with E-state index in [9.17, 15) is 0 Å². The van der Waals surface area contributed by atoms with Crippen LogP contribution in [0.4, 0.5) is 5.82 Å². The minimum atomic E-state index is 0.145. The molecule has 2 heterocycles. The van der Waals surface area contributed by atoms with E-state index in [1.165, 1.54) is 11.1 Å². The van der Waals surface area contributed by atoms with Gasteiger partial charge in [0.25, 0.3) is 0 Å². The zero-order valence-electron chi connectivity index (χ0n) is 16.1. The third kappa shape index (κ3) is 3.59. The van der Waals surface area contributed by atoms with E-state index >= 15 is 0 Å². The molecule has 27 heavy (non-hydrogen) atoms. The van der Waals surface area contributed by atoms with Gasteiger partial charge in [-0.2, -0.15) is 0 Å². The molecule has 2 aromatic carbocycles. The first-order chi connectivity index (χ1) is 13.0. The highest BCUT2D eigenvalue weighted by atomic mass is 15.1. The van der Waals surface area contributed by atoms with Gasteiger partial charge in [0.15, 0.2) is 0 Å². The molecule has 0 radical (unpaired) electrons. The fraction of sp³-hybridized carbons (Fsp3) is 0.208. The summed E-state index contributed by atoms with van der Waals surface area (Å²) in [5, 5.41) is 3.60. The Morgan fingerprint density at radius 1 is 0.852 bits per heavy atom. The Labute approximate surface area is 160 Å². The Bertz CT molecular complexity index is 1040. The summed E-state index contributed by atoms with van der Waals surface area (Å²) >= 11 is 0. The number of nitrogens with one attached hydrogen (secondary N) is 1. The predicted octanol–water partition coefficient (Wildman–Crippen LogP) is 5.91. The summed E-state index contributed by atoms with van der Waals surface area (Å²) in [7, 11) is 0. The molecule has 0 amide bonds. The van der Waals surface area contributed by atoms with Crippen molar-refractivity contribution in [3.8, 4) is 11.3 Å². The molecular weight excluding hydrogens is 330 g/mol. The zero-order valence-corrected chi connectivity index (χ0v) is 16.1. The molecule has 3 nitrogen and oxygen atoms in total. The molecule has 4 rings (SSSR count). The molecule has 0 saturated carbocycles. The van der Waals surface area contributed by atoms with Crippen molar-refractivity contribution in [2.75, 3.05) is 5.32 Å². The second-order valence-electron chi connectivity index (χ2n) is 7.90. The lowest BCUT2D eigenvalue weighted by Crippen LogP contribution is -2.10. The minimum Gasteiger partial charge on any atom is -0.365 e. The fourth-order valence-corrected chi connectivity index (χ4v) is 3.28. The van der Waals surface area contributed by atoms with Crippen molar-refractivity contribution in [2.45, 2.75) is 32.7 Å². The molecule has 136 valence electrons. The Morgan fingerprint density at radius 3 is 2.26 bits per heavy atom. The van der Waals surface area contributed by atoms with Gasteiger partial charge in [-0.05, 0) is 28.7 Å². The molecule has 0 spiro atoms. The maximum Gasteiger partial charge on any atom is 0.139 e. The lowest BCUT2D eigenvalue weighted by atomic mass is 9.86. The summed E-state index contributed by atoms with van der Waals surface area (Å²) in [6.07, 6.45) is 2.06. The Kier molecular flexibility index (Phi) is 4.44. The molecule has 2 aromatic heterocycles. The number of pyridine rings is 1. The van der Waals surface area contributed by atoms with Crippen LogP contribution in [0.5, 0.6) is 0 Å². The molecule has 4 aromatic rings. The number of fused-ring (bicyclic) bond motifs is 1. The molecule has 0 aliphatic heterocycles. The van der Waals surface area contributed by atoms with Crippen molar-refractivity contribution in [1.29, 1.82) is 0 Å². The highest BCUT2D eigenvalue weighted by Gasteiger charge is 2.16. The standard InChI is InChI=1S/C24H25N3/c1-24(2,3)20-14-12-19(13-15-20)22-23(25-17-18-9-5-4-6-10-18)27-16-8-7-11-21(27)26-22/h4-16,25H,17H2,1-3H3.